The van der Waals surface area contributed by atoms with Gasteiger partial charge in [0.1, 0.15) is 0 Å². The largest absolute Gasteiger partial charge is 0.399 e. The summed E-state index contributed by atoms with van der Waals surface area (Å²) >= 11 is 0. The highest BCUT2D eigenvalue weighted by Gasteiger charge is 2.15. The van der Waals surface area contributed by atoms with Crippen molar-refractivity contribution in [3.63, 3.8) is 0 Å². The average molecular weight is 287 g/mol. The van der Waals surface area contributed by atoms with E-state index in [4.69, 9.17) is 16.0 Å². The summed E-state index contributed by atoms with van der Waals surface area (Å²) in [4.78, 5) is 0.0329. The Morgan fingerprint density at radius 1 is 1.42 bits per heavy atom. The molecule has 0 aliphatic carbocycles. The van der Waals surface area contributed by atoms with Gasteiger partial charge in [0.2, 0.25) is 10.0 Å². The zero-order valence-corrected chi connectivity index (χ0v) is 12.0. The quantitative estimate of drug-likeness (QED) is 0.456. The summed E-state index contributed by atoms with van der Waals surface area (Å²) in [6.45, 7) is 4.03. The smallest absolute Gasteiger partial charge is 0.238 e. The van der Waals surface area contributed by atoms with Crippen molar-refractivity contribution in [3.8, 4) is 0 Å². The van der Waals surface area contributed by atoms with E-state index in [1.807, 2.05) is 0 Å². The normalized spacial score (nSPS) is 13.3. The van der Waals surface area contributed by atoms with Crippen LogP contribution in [0.2, 0.25) is 0 Å². The number of aliphatic hydroxyl groups excluding tert-OH is 1. The Morgan fingerprint density at radius 3 is 2.58 bits per heavy atom. The number of anilines is 2. The lowest BCUT2D eigenvalue weighted by Gasteiger charge is -2.14. The van der Waals surface area contributed by atoms with Gasteiger partial charge in [0.05, 0.1) is 11.0 Å². The second-order valence-corrected chi connectivity index (χ2v) is 6.18. The molecule has 108 valence electrons. The van der Waals surface area contributed by atoms with Gasteiger partial charge >= 0.3 is 0 Å². The number of sulfonamides is 1. The van der Waals surface area contributed by atoms with Crippen molar-refractivity contribution < 1.29 is 13.5 Å². The molecule has 0 aliphatic heterocycles. The van der Waals surface area contributed by atoms with E-state index >= 15 is 0 Å². The molecule has 1 aromatic carbocycles. The summed E-state index contributed by atoms with van der Waals surface area (Å²) in [6.07, 6.45) is 1.11. The van der Waals surface area contributed by atoms with Crippen molar-refractivity contribution in [2.24, 2.45) is 5.14 Å². The second kappa shape index (κ2) is 6.23. The minimum atomic E-state index is -3.78. The maximum Gasteiger partial charge on any atom is 0.238 e. The van der Waals surface area contributed by atoms with Crippen LogP contribution in [0, 0.1) is 6.92 Å². The van der Waals surface area contributed by atoms with Crippen LogP contribution in [0.4, 0.5) is 11.4 Å². The van der Waals surface area contributed by atoms with Gasteiger partial charge < -0.3 is 16.2 Å². The number of benzene rings is 1. The molecule has 0 saturated carbocycles. The van der Waals surface area contributed by atoms with Crippen LogP contribution >= 0.6 is 0 Å². The molecule has 0 saturated heterocycles. The summed E-state index contributed by atoms with van der Waals surface area (Å²) in [6, 6.07) is 3.03. The number of nitrogens with one attached hydrogen (secondary N) is 1. The molecule has 6 nitrogen and oxygen atoms in total. The molecule has 0 aromatic heterocycles. The molecule has 0 radical (unpaired) electrons. The van der Waals surface area contributed by atoms with Crippen LogP contribution in [-0.2, 0) is 10.0 Å². The van der Waals surface area contributed by atoms with Gasteiger partial charge in [0.15, 0.2) is 0 Å². The first-order valence-electron chi connectivity index (χ1n) is 6.06. The molecule has 0 heterocycles. The average Bonchev–Trinajstić information content (AvgIpc) is 2.26. The lowest BCUT2D eigenvalue weighted by Crippen LogP contribution is -2.16. The number of nitrogen functional groups attached to an aromatic ring is 1. The molecule has 7 heteroatoms. The summed E-state index contributed by atoms with van der Waals surface area (Å²) in [5, 5.41) is 17.4. The summed E-state index contributed by atoms with van der Waals surface area (Å²) in [5.74, 6) is 0. The van der Waals surface area contributed by atoms with Crippen LogP contribution in [0.15, 0.2) is 17.0 Å². The van der Waals surface area contributed by atoms with Gasteiger partial charge in [-0.25, -0.2) is 13.6 Å². The third kappa shape index (κ3) is 4.70. The maximum absolute atomic E-state index is 11.4. The van der Waals surface area contributed by atoms with Gasteiger partial charge in [-0.3, -0.25) is 0 Å². The lowest BCUT2D eigenvalue weighted by atomic mass is 10.1. The topological polar surface area (TPSA) is 118 Å². The molecule has 0 amide bonds. The van der Waals surface area contributed by atoms with Crippen LogP contribution in [-0.4, -0.2) is 26.2 Å². The summed E-state index contributed by atoms with van der Waals surface area (Å²) in [7, 11) is -3.78. The molecule has 0 fully saturated rings. The summed E-state index contributed by atoms with van der Waals surface area (Å²) in [5.41, 5.74) is 7.22. The minimum Gasteiger partial charge on any atom is -0.399 e. The highest BCUT2D eigenvalue weighted by Crippen LogP contribution is 2.26. The molecule has 0 aliphatic rings. The predicted octanol–water partition coefficient (Wildman–Crippen LogP) is 0.798. The Morgan fingerprint density at radius 2 is 2.05 bits per heavy atom. The first-order valence-corrected chi connectivity index (χ1v) is 7.61. The highest BCUT2D eigenvalue weighted by atomic mass is 32.2. The van der Waals surface area contributed by atoms with Gasteiger partial charge in [0, 0.05) is 17.9 Å². The van der Waals surface area contributed by atoms with Gasteiger partial charge in [-0.2, -0.15) is 0 Å². The van der Waals surface area contributed by atoms with Crippen molar-refractivity contribution in [1.29, 1.82) is 0 Å². The molecule has 0 spiro atoms. The monoisotopic (exact) mass is 287 g/mol. The molecule has 1 unspecified atom stereocenters. The SMILES string of the molecule is Cc1c(NCCCC(C)O)cc(N)cc1S(N)(=O)=O. The molecular formula is C12H21N3O3S. The van der Waals surface area contributed by atoms with E-state index < -0.39 is 10.0 Å². The first-order chi connectivity index (χ1) is 8.71. The van der Waals surface area contributed by atoms with E-state index in [0.717, 1.165) is 6.42 Å². The van der Waals surface area contributed by atoms with Crippen molar-refractivity contribution in [3.05, 3.63) is 17.7 Å². The fraction of sp³-hybridized carbons (Fsp3) is 0.500. The van der Waals surface area contributed by atoms with Crippen molar-refractivity contribution in [1.82, 2.24) is 0 Å². The molecule has 19 heavy (non-hydrogen) atoms. The predicted molar refractivity (Wildman–Crippen MR) is 76.4 cm³/mol. The third-order valence-electron chi connectivity index (χ3n) is 2.80. The van der Waals surface area contributed by atoms with E-state index in [1.165, 1.54) is 6.07 Å². The Bertz CT molecular complexity index is 541. The van der Waals surface area contributed by atoms with E-state index in [1.54, 1.807) is 19.9 Å². The number of nitrogens with two attached hydrogens (primary N) is 2. The molecule has 1 rings (SSSR count). The van der Waals surface area contributed by atoms with Gasteiger partial charge in [-0.1, -0.05) is 0 Å². The fourth-order valence-corrected chi connectivity index (χ4v) is 2.65. The van der Waals surface area contributed by atoms with E-state index in [9.17, 15) is 8.42 Å². The van der Waals surface area contributed by atoms with Gasteiger partial charge in [-0.15, -0.1) is 0 Å². The van der Waals surface area contributed by atoms with E-state index in [0.29, 0.717) is 29.9 Å². The lowest BCUT2D eigenvalue weighted by molar-refractivity contribution is 0.183. The number of hydrogen-bond acceptors (Lipinski definition) is 5. The maximum atomic E-state index is 11.4. The van der Waals surface area contributed by atoms with Crippen molar-refractivity contribution in [2.75, 3.05) is 17.6 Å². The Kier molecular flexibility index (Phi) is 5.16. The fourth-order valence-electron chi connectivity index (χ4n) is 1.81. The Hall–Kier alpha value is -1.31. The molecule has 6 N–H and O–H groups in total. The Labute approximate surface area is 113 Å². The highest BCUT2D eigenvalue weighted by molar-refractivity contribution is 7.89. The van der Waals surface area contributed by atoms with Crippen LogP contribution < -0.4 is 16.2 Å². The van der Waals surface area contributed by atoms with Crippen LogP contribution in [0.1, 0.15) is 25.3 Å². The van der Waals surface area contributed by atoms with Crippen molar-refractivity contribution >= 4 is 21.4 Å². The van der Waals surface area contributed by atoms with E-state index in [-0.39, 0.29) is 11.0 Å². The van der Waals surface area contributed by atoms with Gasteiger partial charge in [0.25, 0.3) is 0 Å². The summed E-state index contributed by atoms with van der Waals surface area (Å²) < 4.78 is 22.9. The number of hydrogen-bond donors (Lipinski definition) is 4. The van der Waals surface area contributed by atoms with Gasteiger partial charge in [-0.05, 0) is 44.4 Å². The Balaban J connectivity index is 2.87. The number of rotatable bonds is 6. The zero-order valence-electron chi connectivity index (χ0n) is 11.2. The number of primary sulfonamides is 1. The van der Waals surface area contributed by atoms with Crippen LogP contribution in [0.5, 0.6) is 0 Å². The molecular weight excluding hydrogens is 266 g/mol. The molecule has 1 atom stereocenters. The third-order valence-corrected chi connectivity index (χ3v) is 3.84. The van der Waals surface area contributed by atoms with Crippen LogP contribution in [0.3, 0.4) is 0 Å². The zero-order chi connectivity index (χ0) is 14.6. The van der Waals surface area contributed by atoms with E-state index in [2.05, 4.69) is 5.32 Å². The van der Waals surface area contributed by atoms with Crippen LogP contribution in [0.25, 0.3) is 0 Å². The number of aliphatic hydroxyl groups is 1. The second-order valence-electron chi connectivity index (χ2n) is 4.65. The standard InChI is InChI=1S/C12H21N3O3S/c1-8(16)4-3-5-15-11-6-10(13)7-12(9(11)2)19(14,17)18/h6-8,15-16H,3-5,13H2,1-2H3,(H2,14,17,18). The molecule has 0 bridgehead atoms. The molecule has 1 aromatic rings. The first kappa shape index (κ1) is 15.7. The van der Waals surface area contributed by atoms with Crippen molar-refractivity contribution in [2.45, 2.75) is 37.7 Å². The minimum absolute atomic E-state index is 0.0329.